The zero-order valence-corrected chi connectivity index (χ0v) is 16.1. The van der Waals surface area contributed by atoms with E-state index < -0.39 is 30.0 Å². The van der Waals surface area contributed by atoms with Gasteiger partial charge in [0.1, 0.15) is 17.1 Å². The van der Waals surface area contributed by atoms with Gasteiger partial charge in [0.15, 0.2) is 5.75 Å². The van der Waals surface area contributed by atoms with Crippen molar-refractivity contribution in [2.75, 3.05) is 6.54 Å². The van der Waals surface area contributed by atoms with Crippen molar-refractivity contribution < 1.29 is 19.1 Å². The molecule has 0 saturated carbocycles. The van der Waals surface area contributed by atoms with Crippen LogP contribution in [0, 0.1) is 6.92 Å². The lowest BCUT2D eigenvalue weighted by atomic mass is 9.91. The van der Waals surface area contributed by atoms with E-state index in [0.29, 0.717) is 5.56 Å². The van der Waals surface area contributed by atoms with Gasteiger partial charge in [-0.2, -0.15) is 0 Å². The standard InChI is InChI=1S/C19H16Cl2N2O4/c1-11-6-8-12(9-7-11)19(2)17(25)23(18(26)22-19)10-15(24)27-14-5-3-4-13(20)16(14)21/h3-9H,10H2,1-2H3,(H,22,26)/t19-/m0/s1. The summed E-state index contributed by atoms with van der Waals surface area (Å²) in [5.41, 5.74) is 0.400. The number of hydrogen-bond donors (Lipinski definition) is 1. The van der Waals surface area contributed by atoms with Crippen molar-refractivity contribution >= 4 is 41.1 Å². The topological polar surface area (TPSA) is 75.7 Å². The molecule has 2 aromatic carbocycles. The highest BCUT2D eigenvalue weighted by atomic mass is 35.5. The monoisotopic (exact) mass is 406 g/mol. The molecule has 1 fully saturated rings. The van der Waals surface area contributed by atoms with Gasteiger partial charge in [0.05, 0.1) is 5.02 Å². The molecule has 1 heterocycles. The van der Waals surface area contributed by atoms with Gasteiger partial charge >= 0.3 is 12.0 Å². The first-order valence-corrected chi connectivity index (χ1v) is 8.84. The first-order chi connectivity index (χ1) is 12.7. The summed E-state index contributed by atoms with van der Waals surface area (Å²) in [6.07, 6.45) is 0. The first-order valence-electron chi connectivity index (χ1n) is 8.08. The average molecular weight is 407 g/mol. The van der Waals surface area contributed by atoms with E-state index in [2.05, 4.69) is 5.32 Å². The van der Waals surface area contributed by atoms with Gasteiger partial charge in [-0.15, -0.1) is 0 Å². The highest BCUT2D eigenvalue weighted by Crippen LogP contribution is 2.32. The number of amides is 3. The normalized spacial score (nSPS) is 19.2. The molecule has 0 spiro atoms. The number of ether oxygens (including phenoxy) is 1. The Bertz CT molecular complexity index is 930. The highest BCUT2D eigenvalue weighted by Gasteiger charge is 2.49. The number of halogens is 2. The third kappa shape index (κ3) is 3.63. The summed E-state index contributed by atoms with van der Waals surface area (Å²) in [7, 11) is 0. The Morgan fingerprint density at radius 3 is 2.48 bits per heavy atom. The zero-order chi connectivity index (χ0) is 19.8. The molecule has 27 heavy (non-hydrogen) atoms. The summed E-state index contributed by atoms with van der Waals surface area (Å²) in [6.45, 7) is 2.97. The molecule has 1 atom stereocenters. The molecule has 1 N–H and O–H groups in total. The third-order valence-electron chi connectivity index (χ3n) is 4.33. The Morgan fingerprint density at radius 1 is 1.15 bits per heavy atom. The molecule has 3 rings (SSSR count). The van der Waals surface area contributed by atoms with E-state index >= 15 is 0 Å². The number of rotatable bonds is 4. The van der Waals surface area contributed by atoms with Crippen LogP contribution in [0.4, 0.5) is 4.79 Å². The fourth-order valence-electron chi connectivity index (χ4n) is 2.77. The number of imide groups is 1. The maximum Gasteiger partial charge on any atom is 0.331 e. The SMILES string of the molecule is Cc1ccc([C@]2(C)NC(=O)N(CC(=O)Oc3cccc(Cl)c3Cl)C2=O)cc1. The van der Waals surface area contributed by atoms with E-state index in [1.54, 1.807) is 31.2 Å². The predicted octanol–water partition coefficient (Wildman–Crippen LogP) is 3.67. The molecule has 0 bridgehead atoms. The second-order valence-corrected chi connectivity index (χ2v) is 7.12. The summed E-state index contributed by atoms with van der Waals surface area (Å²) in [5.74, 6) is -1.29. The molecule has 2 aromatic rings. The number of nitrogens with zero attached hydrogens (tertiary/aromatic N) is 1. The Labute approximate surface area is 166 Å². The zero-order valence-electron chi connectivity index (χ0n) is 14.6. The minimum atomic E-state index is -1.25. The summed E-state index contributed by atoms with van der Waals surface area (Å²) in [6, 6.07) is 11.1. The third-order valence-corrected chi connectivity index (χ3v) is 5.13. The largest absolute Gasteiger partial charge is 0.424 e. The van der Waals surface area contributed by atoms with Crippen LogP contribution < -0.4 is 10.1 Å². The van der Waals surface area contributed by atoms with Crippen molar-refractivity contribution in [1.29, 1.82) is 0 Å². The molecule has 140 valence electrons. The molecule has 1 aliphatic heterocycles. The van der Waals surface area contributed by atoms with Crippen LogP contribution in [0.1, 0.15) is 18.1 Å². The quantitative estimate of drug-likeness (QED) is 0.477. The van der Waals surface area contributed by atoms with E-state index in [4.69, 9.17) is 27.9 Å². The lowest BCUT2D eigenvalue weighted by Gasteiger charge is -2.22. The van der Waals surface area contributed by atoms with Crippen LogP contribution in [0.3, 0.4) is 0 Å². The van der Waals surface area contributed by atoms with Crippen molar-refractivity contribution in [3.8, 4) is 5.75 Å². The molecule has 1 aliphatic rings. The average Bonchev–Trinajstić information content (AvgIpc) is 2.83. The van der Waals surface area contributed by atoms with Crippen molar-refractivity contribution in [2.24, 2.45) is 0 Å². The fraction of sp³-hybridized carbons (Fsp3) is 0.211. The maximum absolute atomic E-state index is 12.8. The van der Waals surface area contributed by atoms with E-state index in [-0.39, 0.29) is 15.8 Å². The van der Waals surface area contributed by atoms with Crippen LogP contribution in [0.15, 0.2) is 42.5 Å². The number of nitrogens with one attached hydrogen (secondary N) is 1. The van der Waals surface area contributed by atoms with Gasteiger partial charge in [0.2, 0.25) is 0 Å². The molecular weight excluding hydrogens is 391 g/mol. The highest BCUT2D eigenvalue weighted by molar-refractivity contribution is 6.43. The molecule has 1 saturated heterocycles. The lowest BCUT2D eigenvalue weighted by molar-refractivity contribution is -0.140. The van der Waals surface area contributed by atoms with Crippen LogP contribution in [-0.2, 0) is 15.1 Å². The minimum Gasteiger partial charge on any atom is -0.424 e. The van der Waals surface area contributed by atoms with Crippen LogP contribution in [0.25, 0.3) is 0 Å². The van der Waals surface area contributed by atoms with Gasteiger partial charge in [0.25, 0.3) is 5.91 Å². The van der Waals surface area contributed by atoms with Gasteiger partial charge in [-0.1, -0.05) is 59.1 Å². The molecule has 0 aliphatic carbocycles. The van der Waals surface area contributed by atoms with Crippen LogP contribution in [0.2, 0.25) is 10.0 Å². The molecule has 0 unspecified atom stereocenters. The summed E-state index contributed by atoms with van der Waals surface area (Å²) < 4.78 is 5.14. The van der Waals surface area contributed by atoms with Crippen molar-refractivity contribution in [1.82, 2.24) is 10.2 Å². The van der Waals surface area contributed by atoms with Gasteiger partial charge in [-0.05, 0) is 31.5 Å². The Balaban J connectivity index is 1.76. The molecular formula is C19H16Cl2N2O4. The van der Waals surface area contributed by atoms with Gasteiger partial charge in [-0.3, -0.25) is 9.69 Å². The maximum atomic E-state index is 12.8. The Kier molecular flexibility index (Phi) is 5.13. The Morgan fingerprint density at radius 2 is 1.81 bits per heavy atom. The minimum absolute atomic E-state index is 0.0579. The molecule has 0 radical (unpaired) electrons. The summed E-state index contributed by atoms with van der Waals surface area (Å²) in [5, 5.41) is 2.94. The second kappa shape index (κ2) is 7.21. The lowest BCUT2D eigenvalue weighted by Crippen LogP contribution is -2.42. The van der Waals surface area contributed by atoms with E-state index in [1.807, 2.05) is 19.1 Å². The van der Waals surface area contributed by atoms with E-state index in [9.17, 15) is 14.4 Å². The number of aryl methyl sites for hydroxylation is 1. The summed E-state index contributed by atoms with van der Waals surface area (Å²) in [4.78, 5) is 38.1. The Hall–Kier alpha value is -2.57. The predicted molar refractivity (Wildman–Crippen MR) is 101 cm³/mol. The van der Waals surface area contributed by atoms with Gasteiger partial charge < -0.3 is 10.1 Å². The van der Waals surface area contributed by atoms with Crippen LogP contribution in [0.5, 0.6) is 5.75 Å². The van der Waals surface area contributed by atoms with Crippen LogP contribution in [-0.4, -0.2) is 29.4 Å². The van der Waals surface area contributed by atoms with E-state index in [0.717, 1.165) is 10.5 Å². The molecule has 3 amide bonds. The summed E-state index contributed by atoms with van der Waals surface area (Å²) >= 11 is 11.9. The number of carbonyl (C=O) groups is 3. The van der Waals surface area contributed by atoms with Crippen LogP contribution >= 0.6 is 23.2 Å². The molecule has 6 nitrogen and oxygen atoms in total. The molecule has 8 heteroatoms. The van der Waals surface area contributed by atoms with Crippen molar-refractivity contribution in [2.45, 2.75) is 19.4 Å². The second-order valence-electron chi connectivity index (χ2n) is 6.34. The van der Waals surface area contributed by atoms with E-state index in [1.165, 1.54) is 6.07 Å². The number of urea groups is 1. The van der Waals surface area contributed by atoms with Crippen molar-refractivity contribution in [3.63, 3.8) is 0 Å². The number of carbonyl (C=O) groups excluding carboxylic acids is 3. The van der Waals surface area contributed by atoms with Gasteiger partial charge in [-0.25, -0.2) is 9.59 Å². The molecule has 0 aromatic heterocycles. The van der Waals surface area contributed by atoms with Gasteiger partial charge in [0, 0.05) is 0 Å². The van der Waals surface area contributed by atoms with Crippen molar-refractivity contribution in [3.05, 3.63) is 63.6 Å². The number of esters is 1. The number of hydrogen-bond acceptors (Lipinski definition) is 4. The number of benzene rings is 2. The fourth-order valence-corrected chi connectivity index (χ4v) is 3.10. The smallest absolute Gasteiger partial charge is 0.331 e. The first kappa shape index (κ1) is 19.2.